The largest absolute Gasteiger partial charge is 0.497 e. The maximum atomic E-state index is 13.1. The smallest absolute Gasteiger partial charge is 0.220 e. The molecule has 6 heteroatoms. The van der Waals surface area contributed by atoms with E-state index in [0.717, 1.165) is 30.2 Å². The molecule has 2 rings (SSSR count). The maximum absolute atomic E-state index is 13.1. The summed E-state index contributed by atoms with van der Waals surface area (Å²) >= 11 is 3.39. The second-order valence-electron chi connectivity index (χ2n) is 6.37. The maximum Gasteiger partial charge on any atom is 0.220 e. The lowest BCUT2D eigenvalue weighted by Crippen LogP contribution is -2.33. The van der Waals surface area contributed by atoms with Crippen LogP contribution in [-0.4, -0.2) is 31.2 Å². The third-order valence-electron chi connectivity index (χ3n) is 4.43. The van der Waals surface area contributed by atoms with Crippen LogP contribution in [0.15, 0.2) is 48.5 Å². The van der Waals surface area contributed by atoms with Gasteiger partial charge in [-0.15, -0.1) is 0 Å². The van der Waals surface area contributed by atoms with E-state index in [9.17, 15) is 9.59 Å². The average molecular weight is 448 g/mol. The van der Waals surface area contributed by atoms with Crippen LogP contribution in [0.4, 0.5) is 0 Å². The normalized spacial score (nSPS) is 11.5. The summed E-state index contributed by atoms with van der Waals surface area (Å²) in [6, 6.07) is 13.3. The molecular weight excluding hydrogens is 422 g/mol. The molecule has 0 saturated carbocycles. The highest BCUT2D eigenvalue weighted by Gasteiger charge is 2.24. The Bertz CT molecular complexity index is 759. The standard InChI is InChI=1S/C22H26BrNO4/c1-27-18-11-7-16(8-12-18)21(24-20(25)6-4-3-5-15-23)22(26)17-9-13-19(28-2)14-10-17/h7-14,21H,3-6,15H2,1-2H3,(H,24,25). The lowest BCUT2D eigenvalue weighted by Gasteiger charge is -2.19. The van der Waals surface area contributed by atoms with Crippen LogP contribution in [0, 0.1) is 0 Å². The molecule has 1 N–H and O–H groups in total. The van der Waals surface area contributed by atoms with E-state index in [-0.39, 0.29) is 11.7 Å². The summed E-state index contributed by atoms with van der Waals surface area (Å²) in [5.41, 5.74) is 1.23. The Morgan fingerprint density at radius 2 is 1.46 bits per heavy atom. The number of hydrogen-bond donors (Lipinski definition) is 1. The number of amides is 1. The van der Waals surface area contributed by atoms with Gasteiger partial charge in [0.1, 0.15) is 17.5 Å². The average Bonchev–Trinajstić information content (AvgIpc) is 2.75. The van der Waals surface area contributed by atoms with Crippen LogP contribution in [-0.2, 0) is 4.79 Å². The Hall–Kier alpha value is -2.34. The zero-order chi connectivity index (χ0) is 20.4. The number of halogens is 1. The molecule has 0 spiro atoms. The molecule has 1 unspecified atom stereocenters. The molecule has 0 saturated heterocycles. The van der Waals surface area contributed by atoms with Gasteiger partial charge in [0.2, 0.25) is 5.91 Å². The van der Waals surface area contributed by atoms with Gasteiger partial charge in [0.05, 0.1) is 14.2 Å². The van der Waals surface area contributed by atoms with E-state index in [1.54, 1.807) is 62.8 Å². The summed E-state index contributed by atoms with van der Waals surface area (Å²) in [6.07, 6.45) is 3.19. The number of unbranched alkanes of at least 4 members (excludes halogenated alkanes) is 2. The number of ether oxygens (including phenoxy) is 2. The SMILES string of the molecule is COc1ccc(C(=O)C(NC(=O)CCCCCBr)c2ccc(OC)cc2)cc1. The molecule has 0 aliphatic heterocycles. The van der Waals surface area contributed by atoms with Crippen molar-refractivity contribution in [2.75, 3.05) is 19.5 Å². The van der Waals surface area contributed by atoms with Crippen molar-refractivity contribution in [1.29, 1.82) is 0 Å². The van der Waals surface area contributed by atoms with E-state index < -0.39 is 6.04 Å². The van der Waals surface area contributed by atoms with Crippen molar-refractivity contribution in [3.8, 4) is 11.5 Å². The van der Waals surface area contributed by atoms with Gasteiger partial charge in [0, 0.05) is 17.3 Å². The van der Waals surface area contributed by atoms with Crippen molar-refractivity contribution < 1.29 is 19.1 Å². The summed E-state index contributed by atoms with van der Waals surface area (Å²) in [5.74, 6) is 1.08. The molecule has 0 aromatic heterocycles. The fourth-order valence-corrected chi connectivity index (χ4v) is 3.21. The molecule has 0 radical (unpaired) electrons. The predicted molar refractivity (Wildman–Crippen MR) is 113 cm³/mol. The molecule has 0 bridgehead atoms. The Morgan fingerprint density at radius 1 is 0.893 bits per heavy atom. The lowest BCUT2D eigenvalue weighted by atomic mass is 9.96. The molecule has 0 aliphatic rings. The summed E-state index contributed by atoms with van der Waals surface area (Å²) in [6.45, 7) is 0. The highest BCUT2D eigenvalue weighted by Crippen LogP contribution is 2.23. The van der Waals surface area contributed by atoms with Gasteiger partial charge in [-0.3, -0.25) is 9.59 Å². The van der Waals surface area contributed by atoms with Gasteiger partial charge < -0.3 is 14.8 Å². The number of Topliss-reactive ketones (excluding diaryl/α,β-unsaturated/α-hetero) is 1. The highest BCUT2D eigenvalue weighted by atomic mass is 79.9. The van der Waals surface area contributed by atoms with E-state index in [1.165, 1.54) is 0 Å². The van der Waals surface area contributed by atoms with Crippen LogP contribution in [0.2, 0.25) is 0 Å². The van der Waals surface area contributed by atoms with Crippen LogP contribution in [0.5, 0.6) is 11.5 Å². The molecule has 2 aromatic carbocycles. The van der Waals surface area contributed by atoms with Gasteiger partial charge in [0.15, 0.2) is 5.78 Å². The number of hydrogen-bond acceptors (Lipinski definition) is 4. The molecule has 1 atom stereocenters. The van der Waals surface area contributed by atoms with Crippen LogP contribution in [0.25, 0.3) is 0 Å². The predicted octanol–water partition coefficient (Wildman–Crippen LogP) is 4.70. The number of nitrogens with one attached hydrogen (secondary N) is 1. The molecular formula is C22H26BrNO4. The fraction of sp³-hybridized carbons (Fsp3) is 0.364. The quantitative estimate of drug-likeness (QED) is 0.308. The first kappa shape index (κ1) is 22.0. The van der Waals surface area contributed by atoms with Crippen molar-refractivity contribution in [2.45, 2.75) is 31.7 Å². The van der Waals surface area contributed by atoms with Gasteiger partial charge in [-0.05, 0) is 54.8 Å². The van der Waals surface area contributed by atoms with Gasteiger partial charge in [-0.2, -0.15) is 0 Å². The van der Waals surface area contributed by atoms with E-state index >= 15 is 0 Å². The number of carbonyl (C=O) groups excluding carboxylic acids is 2. The third-order valence-corrected chi connectivity index (χ3v) is 4.99. The van der Waals surface area contributed by atoms with Gasteiger partial charge in [-0.1, -0.05) is 34.5 Å². The number of methoxy groups -OCH3 is 2. The Balaban J connectivity index is 2.18. The Morgan fingerprint density at radius 3 is 2.00 bits per heavy atom. The van der Waals surface area contributed by atoms with Gasteiger partial charge in [-0.25, -0.2) is 0 Å². The summed E-state index contributed by atoms with van der Waals surface area (Å²) in [5, 5.41) is 3.83. The molecule has 0 fully saturated rings. The van der Waals surface area contributed by atoms with Gasteiger partial charge >= 0.3 is 0 Å². The number of ketones is 1. The monoisotopic (exact) mass is 447 g/mol. The van der Waals surface area contributed by atoms with Crippen molar-refractivity contribution in [3.05, 3.63) is 59.7 Å². The first-order valence-electron chi connectivity index (χ1n) is 9.26. The zero-order valence-corrected chi connectivity index (χ0v) is 17.8. The summed E-state index contributed by atoms with van der Waals surface area (Å²) < 4.78 is 10.3. The molecule has 5 nitrogen and oxygen atoms in total. The van der Waals surface area contributed by atoms with E-state index in [0.29, 0.717) is 23.5 Å². The molecule has 0 heterocycles. The van der Waals surface area contributed by atoms with Crippen LogP contribution in [0.3, 0.4) is 0 Å². The summed E-state index contributed by atoms with van der Waals surface area (Å²) in [4.78, 5) is 25.5. The molecule has 150 valence electrons. The highest BCUT2D eigenvalue weighted by molar-refractivity contribution is 9.09. The fourth-order valence-electron chi connectivity index (χ4n) is 2.81. The van der Waals surface area contributed by atoms with E-state index in [4.69, 9.17) is 9.47 Å². The minimum absolute atomic E-state index is 0.128. The van der Waals surface area contributed by atoms with Crippen LogP contribution >= 0.6 is 15.9 Å². The molecule has 0 aliphatic carbocycles. The molecule has 2 aromatic rings. The third kappa shape index (κ3) is 6.37. The van der Waals surface area contributed by atoms with Crippen molar-refractivity contribution >= 4 is 27.6 Å². The minimum atomic E-state index is -0.747. The van der Waals surface area contributed by atoms with Crippen molar-refractivity contribution in [3.63, 3.8) is 0 Å². The van der Waals surface area contributed by atoms with Crippen molar-refractivity contribution in [1.82, 2.24) is 5.32 Å². The number of rotatable bonds is 11. The second kappa shape index (κ2) is 11.5. The topological polar surface area (TPSA) is 64.6 Å². The zero-order valence-electron chi connectivity index (χ0n) is 16.2. The number of benzene rings is 2. The Labute approximate surface area is 174 Å². The first-order chi connectivity index (χ1) is 13.6. The molecule has 28 heavy (non-hydrogen) atoms. The number of carbonyl (C=O) groups is 2. The van der Waals surface area contributed by atoms with Crippen LogP contribution in [0.1, 0.15) is 47.6 Å². The summed E-state index contributed by atoms with van der Waals surface area (Å²) in [7, 11) is 3.16. The molecule has 1 amide bonds. The Kier molecular flexibility index (Phi) is 9.01. The second-order valence-corrected chi connectivity index (χ2v) is 7.16. The van der Waals surface area contributed by atoms with Crippen LogP contribution < -0.4 is 14.8 Å². The van der Waals surface area contributed by atoms with E-state index in [2.05, 4.69) is 21.2 Å². The number of alkyl halides is 1. The lowest BCUT2D eigenvalue weighted by molar-refractivity contribution is -0.121. The minimum Gasteiger partial charge on any atom is -0.497 e. The first-order valence-corrected chi connectivity index (χ1v) is 10.4. The van der Waals surface area contributed by atoms with E-state index in [1.807, 2.05) is 0 Å². The van der Waals surface area contributed by atoms with Gasteiger partial charge in [0.25, 0.3) is 0 Å². The van der Waals surface area contributed by atoms with Crippen molar-refractivity contribution in [2.24, 2.45) is 0 Å².